The topological polar surface area (TPSA) is 46.3 Å². The number of nitrogen functional groups attached to an aromatic ring is 1. The van der Waals surface area contributed by atoms with Gasteiger partial charge in [-0.1, -0.05) is 17.7 Å². The molecule has 126 valence electrons. The van der Waals surface area contributed by atoms with Gasteiger partial charge < -0.3 is 10.6 Å². The van der Waals surface area contributed by atoms with E-state index in [4.69, 9.17) is 17.3 Å². The van der Waals surface area contributed by atoms with Gasteiger partial charge in [0.15, 0.2) is 0 Å². The van der Waals surface area contributed by atoms with E-state index >= 15 is 0 Å². The molecule has 2 aromatic carbocycles. The summed E-state index contributed by atoms with van der Waals surface area (Å²) in [5, 5.41) is 0.450. The van der Waals surface area contributed by atoms with Crippen molar-refractivity contribution in [2.75, 3.05) is 17.2 Å². The number of piperidine rings is 1. The lowest BCUT2D eigenvalue weighted by Crippen LogP contribution is -2.41. The SMILES string of the molecule is Nc1ccc(Cl)c(N2CC(Cc3ccc(F)cc3F)CCC2=O)c1. The number of hydrogen-bond donors (Lipinski definition) is 1. The van der Waals surface area contributed by atoms with E-state index in [0.29, 0.717) is 47.8 Å². The average molecular weight is 351 g/mol. The lowest BCUT2D eigenvalue weighted by molar-refractivity contribution is -0.120. The van der Waals surface area contributed by atoms with Crippen LogP contribution >= 0.6 is 11.6 Å². The second kappa shape index (κ2) is 6.77. The summed E-state index contributed by atoms with van der Waals surface area (Å²) < 4.78 is 26.9. The van der Waals surface area contributed by atoms with Gasteiger partial charge in [0.25, 0.3) is 0 Å². The average Bonchev–Trinajstić information content (AvgIpc) is 2.54. The van der Waals surface area contributed by atoms with Crippen LogP contribution in [-0.2, 0) is 11.2 Å². The third kappa shape index (κ3) is 3.51. The minimum absolute atomic E-state index is 0.0293. The van der Waals surface area contributed by atoms with Crippen molar-refractivity contribution in [2.24, 2.45) is 5.92 Å². The molecular formula is C18H17ClF2N2O. The molecule has 6 heteroatoms. The molecule has 0 aliphatic carbocycles. The van der Waals surface area contributed by atoms with E-state index in [9.17, 15) is 13.6 Å². The number of amides is 1. The van der Waals surface area contributed by atoms with Gasteiger partial charge >= 0.3 is 0 Å². The second-order valence-corrected chi connectivity index (χ2v) is 6.47. The molecule has 1 aliphatic rings. The Kier molecular flexibility index (Phi) is 4.71. The molecule has 1 unspecified atom stereocenters. The molecule has 3 nitrogen and oxygen atoms in total. The van der Waals surface area contributed by atoms with E-state index in [1.165, 1.54) is 12.1 Å². The third-order valence-corrected chi connectivity index (χ3v) is 4.61. The van der Waals surface area contributed by atoms with Crippen LogP contribution in [0.5, 0.6) is 0 Å². The summed E-state index contributed by atoms with van der Waals surface area (Å²) in [6.07, 6.45) is 1.46. The van der Waals surface area contributed by atoms with Gasteiger partial charge in [-0.15, -0.1) is 0 Å². The molecule has 1 heterocycles. The summed E-state index contributed by atoms with van der Waals surface area (Å²) in [5.74, 6) is -1.11. The van der Waals surface area contributed by atoms with Crippen LogP contribution in [0.25, 0.3) is 0 Å². The summed E-state index contributed by atoms with van der Waals surface area (Å²) in [4.78, 5) is 13.9. The number of anilines is 2. The van der Waals surface area contributed by atoms with Crippen LogP contribution in [-0.4, -0.2) is 12.5 Å². The zero-order valence-electron chi connectivity index (χ0n) is 12.9. The van der Waals surface area contributed by atoms with Crippen LogP contribution in [0.15, 0.2) is 36.4 Å². The predicted octanol–water partition coefficient (Wildman–Crippen LogP) is 4.19. The fourth-order valence-electron chi connectivity index (χ4n) is 3.05. The lowest BCUT2D eigenvalue weighted by Gasteiger charge is -2.33. The van der Waals surface area contributed by atoms with E-state index in [1.807, 2.05) is 0 Å². The summed E-state index contributed by atoms with van der Waals surface area (Å²) >= 11 is 6.19. The zero-order chi connectivity index (χ0) is 17.3. The third-order valence-electron chi connectivity index (χ3n) is 4.29. The van der Waals surface area contributed by atoms with Gasteiger partial charge in [0.2, 0.25) is 5.91 Å². The maximum atomic E-state index is 13.9. The van der Waals surface area contributed by atoms with Gasteiger partial charge in [0, 0.05) is 24.7 Å². The quantitative estimate of drug-likeness (QED) is 0.844. The Morgan fingerprint density at radius 3 is 2.75 bits per heavy atom. The van der Waals surface area contributed by atoms with Crippen LogP contribution in [0.4, 0.5) is 20.2 Å². The smallest absolute Gasteiger partial charge is 0.227 e. The van der Waals surface area contributed by atoms with Gasteiger partial charge in [-0.05, 0) is 48.6 Å². The highest BCUT2D eigenvalue weighted by Crippen LogP contribution is 2.33. The molecule has 2 N–H and O–H groups in total. The number of hydrogen-bond acceptors (Lipinski definition) is 2. The molecule has 0 bridgehead atoms. The number of benzene rings is 2. The van der Waals surface area contributed by atoms with E-state index in [0.717, 1.165) is 6.07 Å². The highest BCUT2D eigenvalue weighted by Gasteiger charge is 2.28. The van der Waals surface area contributed by atoms with E-state index < -0.39 is 11.6 Å². The molecule has 2 aromatic rings. The summed E-state index contributed by atoms with van der Waals surface area (Å²) in [7, 11) is 0. The van der Waals surface area contributed by atoms with Crippen LogP contribution in [0, 0.1) is 17.6 Å². The fraction of sp³-hybridized carbons (Fsp3) is 0.278. The van der Waals surface area contributed by atoms with Gasteiger partial charge in [-0.2, -0.15) is 0 Å². The van der Waals surface area contributed by atoms with Crippen molar-refractivity contribution in [1.29, 1.82) is 0 Å². The number of carbonyl (C=O) groups excluding carboxylic acids is 1. The second-order valence-electron chi connectivity index (χ2n) is 6.06. The summed E-state index contributed by atoms with van der Waals surface area (Å²) in [6.45, 7) is 0.429. The first-order valence-corrected chi connectivity index (χ1v) is 8.11. The normalized spacial score (nSPS) is 18.0. The molecule has 1 amide bonds. The van der Waals surface area contributed by atoms with Gasteiger partial charge in [0.05, 0.1) is 10.7 Å². The Balaban J connectivity index is 1.80. The minimum Gasteiger partial charge on any atom is -0.399 e. The molecule has 0 radical (unpaired) electrons. The van der Waals surface area contributed by atoms with Crippen molar-refractivity contribution in [3.05, 3.63) is 58.6 Å². The maximum absolute atomic E-state index is 13.9. The Morgan fingerprint density at radius 1 is 1.21 bits per heavy atom. The largest absolute Gasteiger partial charge is 0.399 e. The first-order chi connectivity index (χ1) is 11.4. The van der Waals surface area contributed by atoms with Crippen LogP contribution in [0.2, 0.25) is 5.02 Å². The molecule has 0 saturated carbocycles. The maximum Gasteiger partial charge on any atom is 0.227 e. The predicted molar refractivity (Wildman–Crippen MR) is 91.0 cm³/mol. The van der Waals surface area contributed by atoms with Crippen molar-refractivity contribution in [1.82, 2.24) is 0 Å². The number of carbonyl (C=O) groups is 1. The minimum atomic E-state index is -0.594. The van der Waals surface area contributed by atoms with Gasteiger partial charge in [-0.3, -0.25) is 4.79 Å². The van der Waals surface area contributed by atoms with Crippen molar-refractivity contribution in [2.45, 2.75) is 19.3 Å². The highest BCUT2D eigenvalue weighted by molar-refractivity contribution is 6.34. The number of nitrogens with zero attached hydrogens (tertiary/aromatic N) is 1. The summed E-state index contributed by atoms with van der Waals surface area (Å²) in [6, 6.07) is 8.59. The van der Waals surface area contributed by atoms with Crippen molar-refractivity contribution in [3.63, 3.8) is 0 Å². The molecule has 0 aromatic heterocycles. The first-order valence-electron chi connectivity index (χ1n) is 7.73. The Bertz CT molecular complexity index is 782. The Labute approximate surface area is 144 Å². The Morgan fingerprint density at radius 2 is 2.00 bits per heavy atom. The molecule has 1 atom stereocenters. The van der Waals surface area contributed by atoms with Gasteiger partial charge in [-0.25, -0.2) is 8.78 Å². The monoisotopic (exact) mass is 350 g/mol. The lowest BCUT2D eigenvalue weighted by atomic mass is 9.90. The molecule has 1 fully saturated rings. The van der Waals surface area contributed by atoms with Crippen molar-refractivity contribution >= 4 is 28.9 Å². The molecule has 1 aliphatic heterocycles. The first kappa shape index (κ1) is 16.7. The molecule has 1 saturated heterocycles. The van der Waals surface area contributed by atoms with E-state index in [-0.39, 0.29) is 11.8 Å². The van der Waals surface area contributed by atoms with E-state index in [1.54, 1.807) is 23.1 Å². The molecule has 0 spiro atoms. The van der Waals surface area contributed by atoms with Crippen molar-refractivity contribution < 1.29 is 13.6 Å². The van der Waals surface area contributed by atoms with Gasteiger partial charge in [0.1, 0.15) is 11.6 Å². The van der Waals surface area contributed by atoms with E-state index in [2.05, 4.69) is 0 Å². The number of halogens is 3. The molecule has 3 rings (SSSR count). The standard InChI is InChI=1S/C18H17ClF2N2O/c19-15-5-4-14(22)9-17(15)23-10-11(1-6-18(23)24)7-12-2-3-13(20)8-16(12)21/h2-5,8-9,11H,1,6-7,10,22H2. The zero-order valence-corrected chi connectivity index (χ0v) is 13.7. The van der Waals surface area contributed by atoms with Crippen LogP contribution < -0.4 is 10.6 Å². The van der Waals surface area contributed by atoms with Crippen molar-refractivity contribution in [3.8, 4) is 0 Å². The Hall–Kier alpha value is -2.14. The highest BCUT2D eigenvalue weighted by atomic mass is 35.5. The van der Waals surface area contributed by atoms with Crippen LogP contribution in [0.3, 0.4) is 0 Å². The number of nitrogens with two attached hydrogens (primary N) is 1. The molecular weight excluding hydrogens is 334 g/mol. The molecule has 24 heavy (non-hydrogen) atoms. The van der Waals surface area contributed by atoms with Crippen LogP contribution in [0.1, 0.15) is 18.4 Å². The fourth-order valence-corrected chi connectivity index (χ4v) is 3.27. The summed E-state index contributed by atoms with van der Waals surface area (Å²) in [5.41, 5.74) is 7.34. The number of rotatable bonds is 3.